The Morgan fingerprint density at radius 1 is 1.11 bits per heavy atom. The molecule has 5 nitrogen and oxygen atoms in total. The Morgan fingerprint density at radius 2 is 1.83 bits per heavy atom. The lowest BCUT2D eigenvalue weighted by Crippen LogP contribution is -2.19. The highest BCUT2D eigenvalue weighted by molar-refractivity contribution is 5.99. The lowest BCUT2D eigenvalue weighted by atomic mass is 10.3. The van der Waals surface area contributed by atoms with Crippen LogP contribution >= 0.6 is 0 Å². The summed E-state index contributed by atoms with van der Waals surface area (Å²) in [5, 5.41) is 5.41. The van der Waals surface area contributed by atoms with Gasteiger partial charge in [-0.05, 0) is 18.2 Å². The van der Waals surface area contributed by atoms with Gasteiger partial charge in [0.05, 0.1) is 7.11 Å². The number of anilines is 2. The van der Waals surface area contributed by atoms with Crippen LogP contribution in [0, 0.1) is 0 Å². The number of nitrogens with zero attached hydrogens (tertiary/aromatic N) is 1. The number of hydrogen-bond acceptors (Lipinski definition) is 3. The van der Waals surface area contributed by atoms with Crippen molar-refractivity contribution in [2.24, 2.45) is 0 Å². The molecule has 2 N–H and O–H groups in total. The van der Waals surface area contributed by atoms with E-state index in [0.29, 0.717) is 11.6 Å². The van der Waals surface area contributed by atoms with Gasteiger partial charge in [0.1, 0.15) is 0 Å². The highest BCUT2D eigenvalue weighted by Crippen LogP contribution is 2.14. The molecule has 0 aliphatic heterocycles. The van der Waals surface area contributed by atoms with Gasteiger partial charge >= 0.3 is 6.03 Å². The van der Waals surface area contributed by atoms with E-state index >= 15 is 0 Å². The molecule has 18 heavy (non-hydrogen) atoms. The quantitative estimate of drug-likeness (QED) is 0.871. The molecule has 0 aliphatic rings. The van der Waals surface area contributed by atoms with E-state index in [-0.39, 0.29) is 6.03 Å². The first-order valence-electron chi connectivity index (χ1n) is 5.41. The topological polar surface area (TPSA) is 63.2 Å². The number of aromatic nitrogens is 1. The van der Waals surface area contributed by atoms with Gasteiger partial charge in [0.2, 0.25) is 5.88 Å². The molecule has 2 aromatic rings. The summed E-state index contributed by atoms with van der Waals surface area (Å²) in [6, 6.07) is 12.2. The second-order valence-electron chi connectivity index (χ2n) is 3.53. The lowest BCUT2D eigenvalue weighted by Gasteiger charge is -2.08. The monoisotopic (exact) mass is 243 g/mol. The molecule has 0 unspecified atom stereocenters. The Morgan fingerprint density at radius 3 is 2.56 bits per heavy atom. The van der Waals surface area contributed by atoms with Crippen molar-refractivity contribution in [1.82, 2.24) is 4.98 Å². The van der Waals surface area contributed by atoms with Crippen LogP contribution in [0.3, 0.4) is 0 Å². The average molecular weight is 243 g/mol. The first-order chi connectivity index (χ1) is 8.78. The zero-order valence-electron chi connectivity index (χ0n) is 9.88. The smallest absolute Gasteiger partial charge is 0.323 e. The maximum Gasteiger partial charge on any atom is 0.323 e. The fourth-order valence-corrected chi connectivity index (χ4v) is 1.41. The van der Waals surface area contributed by atoms with E-state index in [0.717, 1.165) is 5.69 Å². The summed E-state index contributed by atoms with van der Waals surface area (Å²) >= 11 is 0. The van der Waals surface area contributed by atoms with Gasteiger partial charge in [-0.3, -0.25) is 0 Å². The Kier molecular flexibility index (Phi) is 3.76. The van der Waals surface area contributed by atoms with E-state index in [1.807, 2.05) is 30.3 Å². The molecule has 1 aromatic heterocycles. The number of amides is 2. The number of rotatable bonds is 3. The largest absolute Gasteiger partial charge is 0.481 e. The highest BCUT2D eigenvalue weighted by atomic mass is 16.5. The van der Waals surface area contributed by atoms with E-state index in [9.17, 15) is 4.79 Å². The number of carbonyl (C=O) groups is 1. The maximum absolute atomic E-state index is 11.7. The van der Waals surface area contributed by atoms with Crippen molar-refractivity contribution >= 4 is 17.4 Å². The number of hydrogen-bond donors (Lipinski definition) is 2. The molecule has 0 radical (unpaired) electrons. The molecule has 0 aliphatic carbocycles. The second kappa shape index (κ2) is 5.67. The van der Waals surface area contributed by atoms with E-state index < -0.39 is 0 Å². The highest BCUT2D eigenvalue weighted by Gasteiger charge is 2.03. The molecule has 2 rings (SSSR count). The number of carbonyl (C=O) groups excluding carboxylic acids is 1. The lowest BCUT2D eigenvalue weighted by molar-refractivity contribution is 0.262. The van der Waals surface area contributed by atoms with E-state index in [4.69, 9.17) is 4.74 Å². The number of para-hydroxylation sites is 1. The van der Waals surface area contributed by atoms with Crippen LogP contribution in [-0.4, -0.2) is 18.1 Å². The van der Waals surface area contributed by atoms with Crippen molar-refractivity contribution in [1.29, 1.82) is 0 Å². The molecule has 2 amide bonds. The minimum absolute atomic E-state index is 0.311. The van der Waals surface area contributed by atoms with Gasteiger partial charge in [-0.2, -0.15) is 0 Å². The normalized spacial score (nSPS) is 9.61. The summed E-state index contributed by atoms with van der Waals surface area (Å²) < 4.78 is 4.97. The van der Waals surface area contributed by atoms with Crippen molar-refractivity contribution in [2.45, 2.75) is 0 Å². The number of ether oxygens (including phenoxy) is 1. The van der Waals surface area contributed by atoms with Gasteiger partial charge in [-0.25, -0.2) is 9.78 Å². The molecule has 0 spiro atoms. The summed E-state index contributed by atoms with van der Waals surface area (Å²) in [7, 11) is 1.52. The van der Waals surface area contributed by atoms with Gasteiger partial charge < -0.3 is 15.4 Å². The van der Waals surface area contributed by atoms with Crippen molar-refractivity contribution < 1.29 is 9.53 Å². The van der Waals surface area contributed by atoms with Crippen LogP contribution < -0.4 is 15.4 Å². The first-order valence-corrected chi connectivity index (χ1v) is 5.41. The van der Waals surface area contributed by atoms with Gasteiger partial charge in [0.15, 0.2) is 0 Å². The molecule has 0 saturated carbocycles. The van der Waals surface area contributed by atoms with Crippen LogP contribution in [0.5, 0.6) is 5.88 Å². The maximum atomic E-state index is 11.7. The van der Waals surface area contributed by atoms with Crippen LogP contribution in [0.2, 0.25) is 0 Å². The van der Waals surface area contributed by atoms with Gasteiger partial charge in [0, 0.05) is 23.6 Å². The number of pyridine rings is 1. The number of methoxy groups -OCH3 is 1. The third-order valence-electron chi connectivity index (χ3n) is 2.23. The number of nitrogens with one attached hydrogen (secondary N) is 2. The van der Waals surface area contributed by atoms with Gasteiger partial charge in [0.25, 0.3) is 0 Å². The molecule has 0 saturated heterocycles. The van der Waals surface area contributed by atoms with Crippen molar-refractivity contribution in [2.75, 3.05) is 17.7 Å². The van der Waals surface area contributed by atoms with Crippen molar-refractivity contribution in [3.05, 3.63) is 48.7 Å². The summed E-state index contributed by atoms with van der Waals surface area (Å²) in [5.41, 5.74) is 1.35. The van der Waals surface area contributed by atoms with Gasteiger partial charge in [-0.15, -0.1) is 0 Å². The zero-order valence-corrected chi connectivity index (χ0v) is 9.88. The molecule has 92 valence electrons. The zero-order chi connectivity index (χ0) is 12.8. The standard InChI is InChI=1S/C13H13N3O2/c1-18-12-9-11(7-8-14-12)16-13(17)15-10-5-3-2-4-6-10/h2-9H,1H3,(H2,14,15,16,17). The number of urea groups is 1. The Balaban J connectivity index is 1.99. The Labute approximate surface area is 105 Å². The summed E-state index contributed by atoms with van der Waals surface area (Å²) in [6.07, 6.45) is 1.57. The fraction of sp³-hybridized carbons (Fsp3) is 0.0769. The molecule has 0 bridgehead atoms. The van der Waals surface area contributed by atoms with Crippen LogP contribution in [0.25, 0.3) is 0 Å². The predicted molar refractivity (Wildman–Crippen MR) is 69.9 cm³/mol. The fourth-order valence-electron chi connectivity index (χ4n) is 1.41. The second-order valence-corrected chi connectivity index (χ2v) is 3.53. The molecular formula is C13H13N3O2. The summed E-state index contributed by atoms with van der Waals surface area (Å²) in [6.45, 7) is 0. The number of benzene rings is 1. The minimum Gasteiger partial charge on any atom is -0.481 e. The van der Waals surface area contributed by atoms with Crippen LogP contribution in [0.4, 0.5) is 16.2 Å². The average Bonchev–Trinajstić information content (AvgIpc) is 2.40. The first kappa shape index (κ1) is 11.9. The molecular weight excluding hydrogens is 230 g/mol. The van der Waals surface area contributed by atoms with Crippen LogP contribution in [-0.2, 0) is 0 Å². The minimum atomic E-state index is -0.311. The van der Waals surface area contributed by atoms with Gasteiger partial charge in [-0.1, -0.05) is 18.2 Å². The van der Waals surface area contributed by atoms with Crippen LogP contribution in [0.15, 0.2) is 48.7 Å². The molecule has 5 heteroatoms. The van der Waals surface area contributed by atoms with E-state index in [1.54, 1.807) is 18.3 Å². The molecule has 0 fully saturated rings. The Hall–Kier alpha value is -2.56. The Bertz CT molecular complexity index is 529. The van der Waals surface area contributed by atoms with E-state index in [1.165, 1.54) is 7.11 Å². The van der Waals surface area contributed by atoms with E-state index in [2.05, 4.69) is 15.6 Å². The summed E-state index contributed by atoms with van der Waals surface area (Å²) in [5.74, 6) is 0.451. The van der Waals surface area contributed by atoms with Crippen LogP contribution in [0.1, 0.15) is 0 Å². The van der Waals surface area contributed by atoms with Crippen molar-refractivity contribution in [3.63, 3.8) is 0 Å². The van der Waals surface area contributed by atoms with Crippen molar-refractivity contribution in [3.8, 4) is 5.88 Å². The molecule has 1 aromatic carbocycles. The molecule has 1 heterocycles. The summed E-state index contributed by atoms with van der Waals surface area (Å²) in [4.78, 5) is 15.7. The molecule has 0 atom stereocenters. The SMILES string of the molecule is COc1cc(NC(=O)Nc2ccccc2)ccn1. The third kappa shape index (κ3) is 3.21. The third-order valence-corrected chi connectivity index (χ3v) is 2.23. The predicted octanol–water partition coefficient (Wildman–Crippen LogP) is 2.73.